The first-order valence-electron chi connectivity index (χ1n) is 12.0. The molecule has 0 fully saturated rings. The summed E-state index contributed by atoms with van der Waals surface area (Å²) < 4.78 is 36.7. The number of sulfone groups is 1. The minimum Gasteiger partial charge on any atom is -0.480 e. The molecule has 1 aromatic heterocycles. The lowest BCUT2D eigenvalue weighted by Gasteiger charge is -2.17. The monoisotopic (exact) mass is 572 g/mol. The maximum Gasteiger partial charge on any atom is 0.326 e. The molecule has 9 nitrogen and oxygen atoms in total. The van der Waals surface area contributed by atoms with Gasteiger partial charge in [0.2, 0.25) is 0 Å². The predicted octanol–water partition coefficient (Wildman–Crippen LogP) is 3.75. The molecule has 1 heterocycles. The Morgan fingerprint density at radius 1 is 1.21 bits per heavy atom. The molecular formula is C27H29FN4O5S2. The SMILES string of the molecule is CCNC=NC/C(=C/c1ccc(C(=O)NC(CCS(C)(=O)=O)C(=O)O)c(-c2ccc(F)cc2)c1)c1nccs1. The van der Waals surface area contributed by atoms with Crippen LogP contribution < -0.4 is 10.6 Å². The number of thiazole rings is 1. The number of hydrogen-bond donors (Lipinski definition) is 3. The molecule has 0 aliphatic carbocycles. The fraction of sp³-hybridized carbons (Fsp3) is 0.259. The van der Waals surface area contributed by atoms with Crippen molar-refractivity contribution in [3.63, 3.8) is 0 Å². The van der Waals surface area contributed by atoms with Gasteiger partial charge in [0.15, 0.2) is 0 Å². The molecule has 12 heteroatoms. The van der Waals surface area contributed by atoms with Crippen LogP contribution in [0.4, 0.5) is 4.39 Å². The molecule has 1 amide bonds. The van der Waals surface area contributed by atoms with Crippen molar-refractivity contribution in [2.24, 2.45) is 4.99 Å². The van der Waals surface area contributed by atoms with Gasteiger partial charge in [-0.25, -0.2) is 22.6 Å². The number of amides is 1. The van der Waals surface area contributed by atoms with Gasteiger partial charge in [-0.1, -0.05) is 18.2 Å². The van der Waals surface area contributed by atoms with E-state index in [-0.39, 0.29) is 12.0 Å². The van der Waals surface area contributed by atoms with Crippen molar-refractivity contribution in [1.82, 2.24) is 15.6 Å². The average molecular weight is 573 g/mol. The summed E-state index contributed by atoms with van der Waals surface area (Å²) in [7, 11) is -3.43. The van der Waals surface area contributed by atoms with E-state index in [4.69, 9.17) is 0 Å². The lowest BCUT2D eigenvalue weighted by Crippen LogP contribution is -2.42. The van der Waals surface area contributed by atoms with Crippen molar-refractivity contribution in [3.8, 4) is 11.1 Å². The molecule has 1 unspecified atom stereocenters. The highest BCUT2D eigenvalue weighted by Crippen LogP contribution is 2.28. The third kappa shape index (κ3) is 9.11. The Kier molecular flexibility index (Phi) is 10.5. The van der Waals surface area contributed by atoms with E-state index in [2.05, 4.69) is 20.6 Å². The summed E-state index contributed by atoms with van der Waals surface area (Å²) in [5.74, 6) is -2.88. The van der Waals surface area contributed by atoms with Gasteiger partial charge in [0.1, 0.15) is 26.7 Å². The number of benzene rings is 2. The Hall–Kier alpha value is -3.90. The number of aliphatic imine (C=N–C) groups is 1. The molecule has 0 aliphatic rings. The van der Waals surface area contributed by atoms with Crippen LogP contribution in [0, 0.1) is 5.82 Å². The first-order chi connectivity index (χ1) is 18.6. The zero-order valence-corrected chi connectivity index (χ0v) is 23.1. The standard InChI is InChI=1S/C27H29FN4O5S2/c1-3-29-17-30-16-20(26-31-11-12-38-26)14-18-4-9-22(23(15-18)19-5-7-21(28)8-6-19)25(33)32-24(27(34)35)10-13-39(2,36)37/h4-9,11-12,14-15,17,24H,3,10,13,16H2,1-2H3,(H,29,30)(H,32,33)(H,34,35)/b20-14-. The number of carboxylic acid groups (broad SMARTS) is 1. The second-order valence-electron chi connectivity index (χ2n) is 8.63. The maximum absolute atomic E-state index is 13.7. The van der Waals surface area contributed by atoms with E-state index >= 15 is 0 Å². The van der Waals surface area contributed by atoms with Crippen LogP contribution in [0.1, 0.15) is 34.3 Å². The number of nitrogens with one attached hydrogen (secondary N) is 2. The van der Waals surface area contributed by atoms with Gasteiger partial charge in [0.05, 0.1) is 18.6 Å². The van der Waals surface area contributed by atoms with Gasteiger partial charge in [0, 0.05) is 35.5 Å². The zero-order chi connectivity index (χ0) is 28.4. The van der Waals surface area contributed by atoms with Crippen LogP contribution in [-0.4, -0.2) is 67.9 Å². The van der Waals surface area contributed by atoms with Gasteiger partial charge in [-0.15, -0.1) is 11.3 Å². The molecule has 39 heavy (non-hydrogen) atoms. The molecular weight excluding hydrogens is 543 g/mol. The summed E-state index contributed by atoms with van der Waals surface area (Å²) in [6.07, 6.45) is 5.93. The molecule has 206 valence electrons. The summed E-state index contributed by atoms with van der Waals surface area (Å²) in [5.41, 5.74) is 2.71. The molecule has 0 radical (unpaired) electrons. The summed E-state index contributed by atoms with van der Waals surface area (Å²) in [5, 5.41) is 17.6. The minimum absolute atomic E-state index is 0.158. The number of carbonyl (C=O) groups excluding carboxylic acids is 1. The molecule has 0 saturated carbocycles. The van der Waals surface area contributed by atoms with Crippen molar-refractivity contribution >= 4 is 51.0 Å². The van der Waals surface area contributed by atoms with Crippen LogP contribution in [0.3, 0.4) is 0 Å². The number of halogens is 1. The number of carboxylic acids is 1. The topological polar surface area (TPSA) is 138 Å². The van der Waals surface area contributed by atoms with Crippen molar-refractivity contribution in [1.29, 1.82) is 0 Å². The summed E-state index contributed by atoms with van der Waals surface area (Å²) >= 11 is 1.46. The highest BCUT2D eigenvalue weighted by atomic mass is 32.2. The normalized spacial score (nSPS) is 12.8. The molecule has 3 aromatic rings. The Morgan fingerprint density at radius 2 is 1.95 bits per heavy atom. The quantitative estimate of drug-likeness (QED) is 0.210. The van der Waals surface area contributed by atoms with Gasteiger partial charge in [0.25, 0.3) is 5.91 Å². The minimum atomic E-state index is -3.43. The molecule has 0 aliphatic heterocycles. The van der Waals surface area contributed by atoms with Crippen LogP contribution >= 0.6 is 11.3 Å². The fourth-order valence-corrected chi connectivity index (χ4v) is 4.91. The first-order valence-corrected chi connectivity index (χ1v) is 14.9. The number of hydrogen-bond acceptors (Lipinski definition) is 7. The molecule has 2 aromatic carbocycles. The predicted molar refractivity (Wildman–Crippen MR) is 152 cm³/mol. The number of nitrogens with zero attached hydrogens (tertiary/aromatic N) is 2. The van der Waals surface area contributed by atoms with E-state index in [1.54, 1.807) is 30.7 Å². The second kappa shape index (κ2) is 13.8. The van der Waals surface area contributed by atoms with Crippen molar-refractivity contribution in [2.75, 3.05) is 25.1 Å². The van der Waals surface area contributed by atoms with E-state index in [0.717, 1.165) is 28.9 Å². The molecule has 0 spiro atoms. The zero-order valence-electron chi connectivity index (χ0n) is 21.4. The van der Waals surface area contributed by atoms with Crippen molar-refractivity contribution in [3.05, 3.63) is 76.0 Å². The smallest absolute Gasteiger partial charge is 0.326 e. The fourth-order valence-electron chi connectivity index (χ4n) is 3.60. The summed E-state index contributed by atoms with van der Waals surface area (Å²) in [6, 6.07) is 9.18. The largest absolute Gasteiger partial charge is 0.480 e. The highest BCUT2D eigenvalue weighted by molar-refractivity contribution is 7.90. The first kappa shape index (κ1) is 29.7. The van der Waals surface area contributed by atoms with Gasteiger partial charge >= 0.3 is 5.97 Å². The number of aliphatic carboxylic acids is 1. The van der Waals surface area contributed by atoms with Gasteiger partial charge in [-0.3, -0.25) is 9.79 Å². The van der Waals surface area contributed by atoms with E-state index in [0.29, 0.717) is 17.7 Å². The number of carbonyl (C=O) groups is 2. The molecule has 0 saturated heterocycles. The van der Waals surface area contributed by atoms with Crippen molar-refractivity contribution in [2.45, 2.75) is 19.4 Å². The number of aromatic nitrogens is 1. The van der Waals surface area contributed by atoms with Crippen LogP contribution in [0.5, 0.6) is 0 Å². The summed E-state index contributed by atoms with van der Waals surface area (Å²) in [6.45, 7) is 3.05. The third-order valence-corrected chi connectivity index (χ3v) is 7.35. The molecule has 3 N–H and O–H groups in total. The average Bonchev–Trinajstić information content (AvgIpc) is 3.43. The van der Waals surface area contributed by atoms with E-state index < -0.39 is 39.3 Å². The van der Waals surface area contributed by atoms with E-state index in [1.165, 1.54) is 35.6 Å². The maximum atomic E-state index is 13.7. The van der Waals surface area contributed by atoms with E-state index in [1.807, 2.05) is 18.4 Å². The van der Waals surface area contributed by atoms with Crippen LogP contribution in [0.15, 0.2) is 59.0 Å². The lowest BCUT2D eigenvalue weighted by atomic mass is 9.95. The van der Waals surface area contributed by atoms with Gasteiger partial charge in [-0.05, 0) is 60.4 Å². The van der Waals surface area contributed by atoms with Gasteiger partial charge < -0.3 is 15.7 Å². The van der Waals surface area contributed by atoms with Crippen molar-refractivity contribution < 1.29 is 27.5 Å². The molecule has 1 atom stereocenters. The summed E-state index contributed by atoms with van der Waals surface area (Å²) in [4.78, 5) is 33.7. The Bertz CT molecular complexity index is 1450. The van der Waals surface area contributed by atoms with Gasteiger partial charge in [-0.2, -0.15) is 0 Å². The highest BCUT2D eigenvalue weighted by Gasteiger charge is 2.24. The van der Waals surface area contributed by atoms with Crippen LogP contribution in [0.25, 0.3) is 22.8 Å². The van der Waals surface area contributed by atoms with Crippen LogP contribution in [0.2, 0.25) is 0 Å². The second-order valence-corrected chi connectivity index (χ2v) is 11.8. The van der Waals surface area contributed by atoms with Crippen LogP contribution in [-0.2, 0) is 14.6 Å². The lowest BCUT2D eigenvalue weighted by molar-refractivity contribution is -0.139. The third-order valence-electron chi connectivity index (χ3n) is 5.52. The molecule has 0 bridgehead atoms. The Labute approximate surface area is 230 Å². The molecule has 3 rings (SSSR count). The van der Waals surface area contributed by atoms with E-state index in [9.17, 15) is 27.5 Å². The number of rotatable bonds is 13. The Balaban J connectivity index is 2.01. The Morgan fingerprint density at radius 3 is 2.56 bits per heavy atom.